The lowest BCUT2D eigenvalue weighted by Crippen LogP contribution is -2.52. The van der Waals surface area contributed by atoms with Gasteiger partial charge in [-0.3, -0.25) is 4.31 Å². The lowest BCUT2D eigenvalue weighted by molar-refractivity contribution is -0.140. The summed E-state index contributed by atoms with van der Waals surface area (Å²) < 4.78 is 30.6. The lowest BCUT2D eigenvalue weighted by atomic mass is 9.86. The molecule has 0 aliphatic heterocycles. The fourth-order valence-electron chi connectivity index (χ4n) is 4.09. The van der Waals surface area contributed by atoms with Gasteiger partial charge in [0.2, 0.25) is 0 Å². The molecule has 0 amide bonds. The number of carboxylic acid groups (broad SMARTS) is 1. The molecule has 2 heterocycles. The molecule has 2 aromatic carbocycles. The molecule has 7 nitrogen and oxygen atoms in total. The van der Waals surface area contributed by atoms with Crippen LogP contribution in [0.15, 0.2) is 65.0 Å². The number of rotatable bonds is 6. The molecular formula is C25H21Cl2N3O4S2. The average molecular weight is 563 g/mol. The fraction of sp³-hybridized carbons (Fsp3) is 0.200. The number of benzene rings is 2. The molecule has 36 heavy (non-hydrogen) atoms. The molecule has 0 fully saturated rings. The van der Waals surface area contributed by atoms with Gasteiger partial charge in [0, 0.05) is 21.6 Å². The van der Waals surface area contributed by atoms with E-state index in [0.29, 0.717) is 16.0 Å². The second kappa shape index (κ2) is 9.45. The summed E-state index contributed by atoms with van der Waals surface area (Å²) >= 11 is 13.5. The zero-order chi connectivity index (χ0) is 26.4. The lowest BCUT2D eigenvalue weighted by Gasteiger charge is -2.37. The molecule has 0 spiro atoms. The Morgan fingerprint density at radius 2 is 1.78 bits per heavy atom. The number of sulfonamides is 1. The van der Waals surface area contributed by atoms with Crippen LogP contribution >= 0.6 is 34.5 Å². The van der Waals surface area contributed by atoms with Crippen LogP contribution < -0.4 is 4.31 Å². The largest absolute Gasteiger partial charge is 0.480 e. The molecular weight excluding hydrogens is 541 g/mol. The maximum Gasteiger partial charge on any atom is 0.328 e. The zero-order valence-electron chi connectivity index (χ0n) is 19.4. The highest BCUT2D eigenvalue weighted by atomic mass is 35.5. The third kappa shape index (κ3) is 4.70. The number of carboxylic acids is 1. The van der Waals surface area contributed by atoms with E-state index < -0.39 is 27.4 Å². The van der Waals surface area contributed by atoms with Gasteiger partial charge in [-0.2, -0.15) is 5.26 Å². The van der Waals surface area contributed by atoms with E-state index in [1.165, 1.54) is 29.5 Å². The van der Waals surface area contributed by atoms with Gasteiger partial charge in [0.25, 0.3) is 10.0 Å². The standard InChI is InChI=1S/C25H21Cl2N3O4S2/c1-25(2,3)23(24(31)32)30(36(33,34)19-12-16(26)11-17(27)13-19)18-4-5-20-15(10-18)6-8-29(20)21-7-9-35-22(21)14-28/h4-13,23H,1-3H3,(H,31,32). The van der Waals surface area contributed by atoms with Crippen LogP contribution in [-0.2, 0) is 14.8 Å². The smallest absolute Gasteiger partial charge is 0.328 e. The molecule has 0 aliphatic carbocycles. The molecule has 0 saturated heterocycles. The van der Waals surface area contributed by atoms with Crippen molar-refractivity contribution < 1.29 is 18.3 Å². The summed E-state index contributed by atoms with van der Waals surface area (Å²) in [6.07, 6.45) is 1.78. The van der Waals surface area contributed by atoms with Gasteiger partial charge in [-0.05, 0) is 59.3 Å². The first-order valence-electron chi connectivity index (χ1n) is 10.7. The predicted octanol–water partition coefficient (Wildman–Crippen LogP) is 6.57. The summed E-state index contributed by atoms with van der Waals surface area (Å²) in [7, 11) is -4.41. The second-order valence-electron chi connectivity index (χ2n) is 9.19. The number of hydrogen-bond donors (Lipinski definition) is 1. The van der Waals surface area contributed by atoms with Gasteiger partial charge in [-0.1, -0.05) is 44.0 Å². The average Bonchev–Trinajstić information content (AvgIpc) is 3.41. The van der Waals surface area contributed by atoms with E-state index in [9.17, 15) is 23.6 Å². The van der Waals surface area contributed by atoms with Crippen LogP contribution in [0.3, 0.4) is 0 Å². The summed E-state index contributed by atoms with van der Waals surface area (Å²) in [5, 5.41) is 22.3. The van der Waals surface area contributed by atoms with Crippen LogP contribution in [0.1, 0.15) is 25.6 Å². The number of aromatic nitrogens is 1. The van der Waals surface area contributed by atoms with Crippen molar-refractivity contribution in [3.8, 4) is 11.8 Å². The van der Waals surface area contributed by atoms with Crippen molar-refractivity contribution in [1.29, 1.82) is 5.26 Å². The summed E-state index contributed by atoms with van der Waals surface area (Å²) in [6, 6.07) is 13.1. The van der Waals surface area contributed by atoms with Crippen LogP contribution in [-0.4, -0.2) is 30.1 Å². The van der Waals surface area contributed by atoms with Crippen molar-refractivity contribution in [2.45, 2.75) is 31.7 Å². The van der Waals surface area contributed by atoms with Gasteiger partial charge >= 0.3 is 5.97 Å². The Labute approximate surface area is 222 Å². The first kappa shape index (κ1) is 26.0. The molecule has 186 valence electrons. The first-order chi connectivity index (χ1) is 16.8. The molecule has 4 rings (SSSR count). The topological polar surface area (TPSA) is 103 Å². The van der Waals surface area contributed by atoms with E-state index >= 15 is 0 Å². The molecule has 0 aliphatic rings. The highest BCUT2D eigenvalue weighted by Gasteiger charge is 2.43. The summed E-state index contributed by atoms with van der Waals surface area (Å²) in [6.45, 7) is 4.98. The van der Waals surface area contributed by atoms with Gasteiger partial charge in [-0.25, -0.2) is 13.2 Å². The summed E-state index contributed by atoms with van der Waals surface area (Å²) in [4.78, 5) is 12.8. The van der Waals surface area contributed by atoms with Gasteiger partial charge < -0.3 is 9.67 Å². The van der Waals surface area contributed by atoms with Gasteiger partial charge in [0.15, 0.2) is 0 Å². The number of halogens is 2. The van der Waals surface area contributed by atoms with Crippen LogP contribution in [0, 0.1) is 16.7 Å². The molecule has 1 unspecified atom stereocenters. The third-order valence-corrected chi connectivity index (χ3v) is 8.63. The molecule has 11 heteroatoms. The number of carbonyl (C=O) groups is 1. The van der Waals surface area contributed by atoms with E-state index in [1.807, 2.05) is 16.0 Å². The van der Waals surface area contributed by atoms with Crippen LogP contribution in [0.2, 0.25) is 10.0 Å². The maximum atomic E-state index is 13.9. The first-order valence-corrected chi connectivity index (χ1v) is 13.7. The van der Waals surface area contributed by atoms with Crippen LogP contribution in [0.4, 0.5) is 5.69 Å². The normalized spacial score (nSPS) is 12.9. The Hall–Kier alpha value is -3.03. The summed E-state index contributed by atoms with van der Waals surface area (Å²) in [5.74, 6) is -1.30. The van der Waals surface area contributed by atoms with Crippen LogP contribution in [0.25, 0.3) is 16.6 Å². The Balaban J connectivity index is 1.95. The molecule has 1 N–H and O–H groups in total. The van der Waals surface area contributed by atoms with E-state index in [0.717, 1.165) is 9.82 Å². The molecule has 1 atom stereocenters. The number of nitriles is 1. The van der Waals surface area contributed by atoms with E-state index in [1.54, 1.807) is 51.2 Å². The van der Waals surface area contributed by atoms with Crippen molar-refractivity contribution in [3.63, 3.8) is 0 Å². The second-order valence-corrected chi connectivity index (χ2v) is 12.8. The van der Waals surface area contributed by atoms with E-state index in [2.05, 4.69) is 6.07 Å². The SMILES string of the molecule is CC(C)(C)C(C(=O)O)N(c1ccc2c(ccn2-c2ccsc2C#N)c1)S(=O)(=O)c1cc(Cl)cc(Cl)c1. The number of nitrogens with zero attached hydrogens (tertiary/aromatic N) is 3. The van der Waals surface area contributed by atoms with Crippen molar-refractivity contribution in [2.75, 3.05) is 4.31 Å². The van der Waals surface area contributed by atoms with Crippen LogP contribution in [0.5, 0.6) is 0 Å². The third-order valence-electron chi connectivity index (χ3n) is 5.62. The maximum absolute atomic E-state index is 13.9. The quantitative estimate of drug-likeness (QED) is 0.287. The van der Waals surface area contributed by atoms with Gasteiger partial charge in [0.05, 0.1) is 21.8 Å². The highest BCUT2D eigenvalue weighted by Crippen LogP contribution is 2.37. The monoisotopic (exact) mass is 561 g/mol. The molecule has 0 saturated carbocycles. The minimum absolute atomic E-state index is 0.111. The minimum Gasteiger partial charge on any atom is -0.480 e. The zero-order valence-corrected chi connectivity index (χ0v) is 22.6. The Morgan fingerprint density at radius 1 is 1.11 bits per heavy atom. The highest BCUT2D eigenvalue weighted by molar-refractivity contribution is 7.93. The van der Waals surface area contributed by atoms with Crippen molar-refractivity contribution in [3.05, 3.63) is 75.0 Å². The molecule has 0 radical (unpaired) electrons. The molecule has 0 bridgehead atoms. The number of aliphatic carboxylic acids is 1. The molecule has 4 aromatic rings. The molecule has 2 aromatic heterocycles. The van der Waals surface area contributed by atoms with E-state index in [4.69, 9.17) is 23.2 Å². The summed E-state index contributed by atoms with van der Waals surface area (Å²) in [5.41, 5.74) is 0.644. The minimum atomic E-state index is -4.41. The van der Waals surface area contributed by atoms with Gasteiger partial charge in [0.1, 0.15) is 17.0 Å². The van der Waals surface area contributed by atoms with E-state index in [-0.39, 0.29) is 20.6 Å². The fourth-order valence-corrected chi connectivity index (χ4v) is 7.28. The number of anilines is 1. The Kier molecular flexibility index (Phi) is 6.84. The van der Waals surface area contributed by atoms with Crippen molar-refractivity contribution in [1.82, 2.24) is 4.57 Å². The number of fused-ring (bicyclic) bond motifs is 1. The Bertz CT molecular complexity index is 1610. The predicted molar refractivity (Wildman–Crippen MR) is 143 cm³/mol. The number of thiophene rings is 1. The van der Waals surface area contributed by atoms with Gasteiger partial charge in [-0.15, -0.1) is 11.3 Å². The van der Waals surface area contributed by atoms with Crippen molar-refractivity contribution in [2.24, 2.45) is 5.41 Å². The Morgan fingerprint density at radius 3 is 2.36 bits per heavy atom. The van der Waals surface area contributed by atoms with Crippen molar-refractivity contribution >= 4 is 67.1 Å². The number of hydrogen-bond acceptors (Lipinski definition) is 5.